The maximum absolute atomic E-state index is 12.4. The van der Waals surface area contributed by atoms with E-state index in [1.165, 1.54) is 19.1 Å². The Labute approximate surface area is 150 Å². The van der Waals surface area contributed by atoms with Crippen LogP contribution in [-0.2, 0) is 28.6 Å². The first kappa shape index (κ1) is 18.1. The van der Waals surface area contributed by atoms with Crippen molar-refractivity contribution in [3.63, 3.8) is 0 Å². The molecule has 2 bridgehead atoms. The molecule has 26 heavy (non-hydrogen) atoms. The third kappa shape index (κ3) is 2.88. The predicted molar refractivity (Wildman–Crippen MR) is 89.6 cm³/mol. The molecule has 1 fully saturated rings. The van der Waals surface area contributed by atoms with E-state index in [0.717, 1.165) is 0 Å². The van der Waals surface area contributed by atoms with Crippen molar-refractivity contribution >= 4 is 17.7 Å². The van der Waals surface area contributed by atoms with E-state index < -0.39 is 42.3 Å². The molecule has 3 aliphatic heterocycles. The molecule has 4 atom stereocenters. The Bertz CT molecular complexity index is 788. The summed E-state index contributed by atoms with van der Waals surface area (Å²) in [6, 6.07) is 0. The SMILES string of the molecule is C=C(C)C(=O)O[C@@H]1/C=C(/CO)C2=CC(=O)[C@@](C)(C[C@@H]3OC(=O)C(=C)[C@H]31)O2. The van der Waals surface area contributed by atoms with Crippen molar-refractivity contribution in [3.8, 4) is 0 Å². The molecule has 0 aromatic rings. The highest BCUT2D eigenvalue weighted by Gasteiger charge is 2.52. The van der Waals surface area contributed by atoms with E-state index in [-0.39, 0.29) is 34.7 Å². The number of hydrogen-bond donors (Lipinski definition) is 1. The summed E-state index contributed by atoms with van der Waals surface area (Å²) in [5, 5.41) is 9.73. The number of rotatable bonds is 3. The first-order chi connectivity index (χ1) is 12.2. The van der Waals surface area contributed by atoms with E-state index in [1.54, 1.807) is 6.92 Å². The molecule has 3 rings (SSSR count). The molecule has 138 valence electrons. The number of ketones is 1. The van der Waals surface area contributed by atoms with E-state index in [0.29, 0.717) is 0 Å². The lowest BCUT2D eigenvalue weighted by molar-refractivity contribution is -0.148. The fourth-order valence-electron chi connectivity index (χ4n) is 3.35. The summed E-state index contributed by atoms with van der Waals surface area (Å²) in [5.74, 6) is -2.01. The molecule has 3 aliphatic rings. The fraction of sp³-hybridized carbons (Fsp3) is 0.421. The van der Waals surface area contributed by atoms with Gasteiger partial charge in [-0.1, -0.05) is 13.2 Å². The van der Waals surface area contributed by atoms with Crippen LogP contribution < -0.4 is 0 Å². The third-order valence-corrected chi connectivity index (χ3v) is 4.83. The molecular weight excluding hydrogens is 340 g/mol. The van der Waals surface area contributed by atoms with Gasteiger partial charge in [-0.3, -0.25) is 4.79 Å². The molecule has 0 saturated carbocycles. The molecule has 0 amide bonds. The molecule has 0 spiro atoms. The molecule has 0 aliphatic carbocycles. The fourth-order valence-corrected chi connectivity index (χ4v) is 3.35. The predicted octanol–water partition coefficient (Wildman–Crippen LogP) is 1.14. The molecule has 1 saturated heterocycles. The molecule has 0 unspecified atom stereocenters. The van der Waals surface area contributed by atoms with Gasteiger partial charge in [-0.15, -0.1) is 0 Å². The van der Waals surface area contributed by atoms with Crippen molar-refractivity contribution in [1.29, 1.82) is 0 Å². The normalized spacial score (nSPS) is 35.0. The topological polar surface area (TPSA) is 99.1 Å². The van der Waals surface area contributed by atoms with Crippen molar-refractivity contribution in [1.82, 2.24) is 0 Å². The van der Waals surface area contributed by atoms with Crippen molar-refractivity contribution in [2.24, 2.45) is 5.92 Å². The second kappa shape index (κ2) is 6.25. The van der Waals surface area contributed by atoms with Crippen LogP contribution in [0.4, 0.5) is 0 Å². The Morgan fingerprint density at radius 2 is 2.15 bits per heavy atom. The van der Waals surface area contributed by atoms with E-state index in [9.17, 15) is 19.5 Å². The van der Waals surface area contributed by atoms with Crippen LogP contribution in [0.2, 0.25) is 0 Å². The molecule has 0 radical (unpaired) electrons. The second-order valence-electron chi connectivity index (χ2n) is 6.90. The first-order valence-electron chi connectivity index (χ1n) is 8.19. The maximum atomic E-state index is 12.4. The molecule has 7 heteroatoms. The van der Waals surface area contributed by atoms with Crippen molar-refractivity contribution in [3.05, 3.63) is 47.8 Å². The highest BCUT2D eigenvalue weighted by Crippen LogP contribution is 2.42. The summed E-state index contributed by atoms with van der Waals surface area (Å²) in [6.45, 7) is 9.98. The van der Waals surface area contributed by atoms with Gasteiger partial charge in [-0.25, -0.2) is 9.59 Å². The number of hydrogen-bond acceptors (Lipinski definition) is 7. The quantitative estimate of drug-likeness (QED) is 0.595. The monoisotopic (exact) mass is 360 g/mol. The van der Waals surface area contributed by atoms with Crippen LogP contribution in [0.15, 0.2) is 47.8 Å². The van der Waals surface area contributed by atoms with Gasteiger partial charge in [0.05, 0.1) is 12.5 Å². The first-order valence-corrected chi connectivity index (χ1v) is 8.19. The highest BCUT2D eigenvalue weighted by atomic mass is 16.6. The van der Waals surface area contributed by atoms with E-state index >= 15 is 0 Å². The average molecular weight is 360 g/mol. The number of ether oxygens (including phenoxy) is 3. The van der Waals surface area contributed by atoms with E-state index in [1.807, 2.05) is 0 Å². The van der Waals surface area contributed by atoms with Crippen molar-refractivity contribution in [2.45, 2.75) is 38.1 Å². The zero-order valence-electron chi connectivity index (χ0n) is 14.6. The van der Waals surface area contributed by atoms with Gasteiger partial charge in [0.25, 0.3) is 0 Å². The number of aliphatic hydroxyl groups is 1. The smallest absolute Gasteiger partial charge is 0.334 e. The van der Waals surface area contributed by atoms with Crippen molar-refractivity contribution in [2.75, 3.05) is 6.61 Å². The number of carbonyl (C=O) groups excluding carboxylic acids is 3. The van der Waals surface area contributed by atoms with E-state index in [4.69, 9.17) is 14.2 Å². The number of aliphatic hydroxyl groups excluding tert-OH is 1. The van der Waals surface area contributed by atoms with Crippen LogP contribution in [0.1, 0.15) is 20.3 Å². The van der Waals surface area contributed by atoms with Gasteiger partial charge in [0.1, 0.15) is 18.0 Å². The van der Waals surface area contributed by atoms with Crippen LogP contribution in [0.25, 0.3) is 0 Å². The van der Waals surface area contributed by atoms with Gasteiger partial charge in [-0.05, 0) is 19.9 Å². The van der Waals surface area contributed by atoms with Gasteiger partial charge in [0.15, 0.2) is 5.60 Å². The summed E-state index contributed by atoms with van der Waals surface area (Å²) in [7, 11) is 0. The second-order valence-corrected chi connectivity index (χ2v) is 6.90. The molecular formula is C19H20O7. The molecule has 3 heterocycles. The summed E-state index contributed by atoms with van der Waals surface area (Å²) in [6.07, 6.45) is 1.17. The molecule has 1 N–H and O–H groups in total. The summed E-state index contributed by atoms with van der Waals surface area (Å²) in [5.41, 5.74) is -0.611. The zero-order valence-corrected chi connectivity index (χ0v) is 14.6. The zero-order chi connectivity index (χ0) is 19.2. The lowest BCUT2D eigenvalue weighted by atomic mass is 9.83. The number of fused-ring (bicyclic) bond motifs is 3. The van der Waals surface area contributed by atoms with E-state index in [2.05, 4.69) is 13.2 Å². The average Bonchev–Trinajstić information content (AvgIpc) is 3.01. The van der Waals surface area contributed by atoms with Crippen LogP contribution in [0.3, 0.4) is 0 Å². The summed E-state index contributed by atoms with van der Waals surface area (Å²) in [4.78, 5) is 36.5. The Balaban J connectivity index is 2.10. The lowest BCUT2D eigenvalue weighted by Gasteiger charge is -2.29. The Morgan fingerprint density at radius 1 is 1.46 bits per heavy atom. The van der Waals surface area contributed by atoms with Crippen molar-refractivity contribution < 1.29 is 33.7 Å². The summed E-state index contributed by atoms with van der Waals surface area (Å²) < 4.78 is 16.6. The minimum absolute atomic E-state index is 0.0783. The minimum Gasteiger partial charge on any atom is -0.479 e. The standard InChI is InChI=1S/C19H20O7/c1-9(2)17(22)24-13-5-11(8-20)12-6-15(21)19(4,26-12)7-14-16(13)10(3)18(23)25-14/h5-6,13-14,16,20H,1,3,7-8H2,2,4H3/b11-5-/t13-,14+,16+,19-/m1/s1. The van der Waals surface area contributed by atoms with Crippen LogP contribution >= 0.6 is 0 Å². The Kier molecular flexibility index (Phi) is 4.36. The van der Waals surface area contributed by atoms with Gasteiger partial charge in [-0.2, -0.15) is 0 Å². The van der Waals surface area contributed by atoms with Gasteiger partial charge >= 0.3 is 11.9 Å². The number of esters is 2. The lowest BCUT2D eigenvalue weighted by Crippen LogP contribution is -2.41. The van der Waals surface area contributed by atoms with Crippen LogP contribution in [0.5, 0.6) is 0 Å². The minimum atomic E-state index is -1.23. The number of carbonyl (C=O) groups is 3. The molecule has 0 aromatic carbocycles. The molecule has 0 aromatic heterocycles. The Morgan fingerprint density at radius 3 is 2.77 bits per heavy atom. The highest BCUT2D eigenvalue weighted by molar-refractivity contribution is 6.00. The third-order valence-electron chi connectivity index (χ3n) is 4.83. The maximum Gasteiger partial charge on any atom is 0.334 e. The summed E-state index contributed by atoms with van der Waals surface area (Å²) >= 11 is 0. The van der Waals surface area contributed by atoms with Gasteiger partial charge in [0.2, 0.25) is 5.78 Å². The Hall–Kier alpha value is -2.67. The molecule has 7 nitrogen and oxygen atoms in total. The largest absolute Gasteiger partial charge is 0.479 e. The van der Waals surface area contributed by atoms with Gasteiger partial charge < -0.3 is 19.3 Å². The van der Waals surface area contributed by atoms with Crippen LogP contribution in [0, 0.1) is 5.92 Å². The van der Waals surface area contributed by atoms with Crippen LogP contribution in [-0.4, -0.2) is 47.2 Å². The van der Waals surface area contributed by atoms with Gasteiger partial charge in [0, 0.05) is 29.2 Å².